The Hall–Kier alpha value is -1.55. The number of carbonyl (C=O) groups excluding carboxylic acids is 1. The number of hydrogen-bond donors (Lipinski definition) is 1. The Labute approximate surface area is 122 Å². The van der Waals surface area contributed by atoms with Crippen LogP contribution in [0.3, 0.4) is 0 Å². The summed E-state index contributed by atoms with van der Waals surface area (Å²) in [5.74, 6) is 1.15. The van der Waals surface area contributed by atoms with Crippen LogP contribution >= 0.6 is 0 Å². The molecule has 4 nitrogen and oxygen atoms in total. The Morgan fingerprint density at radius 2 is 2.05 bits per heavy atom. The van der Waals surface area contributed by atoms with Crippen LogP contribution in [0.2, 0.25) is 0 Å². The van der Waals surface area contributed by atoms with E-state index in [1.807, 2.05) is 44.0 Å². The summed E-state index contributed by atoms with van der Waals surface area (Å²) < 4.78 is 5.30. The molecular weight excluding hydrogens is 252 g/mol. The number of para-hydroxylation sites is 1. The number of ether oxygens (including phenoxy) is 1. The molecule has 1 aromatic rings. The number of benzene rings is 1. The number of methoxy groups -OCH3 is 1. The van der Waals surface area contributed by atoms with Gasteiger partial charge in [0.1, 0.15) is 5.75 Å². The van der Waals surface area contributed by atoms with Gasteiger partial charge in [0.15, 0.2) is 0 Å². The van der Waals surface area contributed by atoms with Crippen LogP contribution in [0.4, 0.5) is 0 Å². The highest BCUT2D eigenvalue weighted by Gasteiger charge is 2.26. The first kappa shape index (κ1) is 16.5. The molecule has 112 valence electrons. The Morgan fingerprint density at radius 1 is 1.35 bits per heavy atom. The van der Waals surface area contributed by atoms with Gasteiger partial charge in [-0.2, -0.15) is 0 Å². The summed E-state index contributed by atoms with van der Waals surface area (Å²) in [6.07, 6.45) is 1.63. The van der Waals surface area contributed by atoms with Gasteiger partial charge in [-0.05, 0) is 12.5 Å². The Bertz CT molecular complexity index is 421. The van der Waals surface area contributed by atoms with Gasteiger partial charge in [-0.15, -0.1) is 0 Å². The van der Waals surface area contributed by atoms with Gasteiger partial charge in [0.05, 0.1) is 7.11 Å². The molecule has 1 aromatic carbocycles. The molecule has 1 atom stereocenters. The molecule has 1 amide bonds. The number of carbonyl (C=O) groups is 1. The maximum atomic E-state index is 11.4. The SMILES string of the molecule is CC.COc1ccccc1CNCC1CCC(=O)N1C. The highest BCUT2D eigenvalue weighted by molar-refractivity contribution is 5.78. The summed E-state index contributed by atoms with van der Waals surface area (Å²) in [5, 5.41) is 3.40. The van der Waals surface area contributed by atoms with E-state index in [-0.39, 0.29) is 5.91 Å². The number of rotatable bonds is 5. The van der Waals surface area contributed by atoms with Crippen LogP contribution in [-0.2, 0) is 11.3 Å². The molecule has 1 N–H and O–H groups in total. The summed E-state index contributed by atoms with van der Waals surface area (Å²) in [4.78, 5) is 13.2. The zero-order valence-electron chi connectivity index (χ0n) is 13.0. The standard InChI is InChI=1S/C14H20N2O2.C2H6/c1-16-12(7-8-14(16)17)10-15-9-11-5-3-4-6-13(11)18-2;1-2/h3-6,12,15H,7-10H2,1-2H3;1-2H3. The molecule has 1 unspecified atom stereocenters. The highest BCUT2D eigenvalue weighted by atomic mass is 16.5. The van der Waals surface area contributed by atoms with E-state index < -0.39 is 0 Å². The van der Waals surface area contributed by atoms with Crippen LogP contribution in [0.5, 0.6) is 5.75 Å². The molecular formula is C16H26N2O2. The van der Waals surface area contributed by atoms with Crippen LogP contribution in [0.15, 0.2) is 24.3 Å². The molecule has 20 heavy (non-hydrogen) atoms. The van der Waals surface area contributed by atoms with Crippen molar-refractivity contribution in [3.8, 4) is 5.75 Å². The van der Waals surface area contributed by atoms with E-state index >= 15 is 0 Å². The maximum absolute atomic E-state index is 11.4. The van der Waals surface area contributed by atoms with E-state index in [1.54, 1.807) is 7.11 Å². The first-order valence-electron chi connectivity index (χ1n) is 7.30. The maximum Gasteiger partial charge on any atom is 0.222 e. The van der Waals surface area contributed by atoms with Crippen molar-refractivity contribution >= 4 is 5.91 Å². The lowest BCUT2D eigenvalue weighted by molar-refractivity contribution is -0.127. The summed E-state index contributed by atoms with van der Waals surface area (Å²) in [6.45, 7) is 5.60. The molecule has 1 aliphatic rings. The van der Waals surface area contributed by atoms with E-state index in [0.717, 1.165) is 30.8 Å². The van der Waals surface area contributed by atoms with Crippen molar-refractivity contribution < 1.29 is 9.53 Å². The van der Waals surface area contributed by atoms with Gasteiger partial charge in [-0.25, -0.2) is 0 Å². The molecule has 2 rings (SSSR count). The van der Waals surface area contributed by atoms with Crippen molar-refractivity contribution in [2.45, 2.75) is 39.3 Å². The molecule has 0 spiro atoms. The van der Waals surface area contributed by atoms with Gasteiger partial charge in [0.2, 0.25) is 5.91 Å². The van der Waals surface area contributed by atoms with Gasteiger partial charge in [-0.3, -0.25) is 4.79 Å². The Kier molecular flexibility index (Phi) is 7.09. The number of hydrogen-bond acceptors (Lipinski definition) is 3. The number of nitrogens with one attached hydrogen (secondary N) is 1. The summed E-state index contributed by atoms with van der Waals surface area (Å²) in [7, 11) is 3.56. The lowest BCUT2D eigenvalue weighted by Gasteiger charge is -2.20. The lowest BCUT2D eigenvalue weighted by atomic mass is 10.2. The predicted octanol–water partition coefficient (Wildman–Crippen LogP) is 2.43. The molecule has 0 saturated carbocycles. The quantitative estimate of drug-likeness (QED) is 0.899. The fourth-order valence-electron chi connectivity index (χ4n) is 2.33. The second-order valence-corrected chi connectivity index (χ2v) is 4.64. The second-order valence-electron chi connectivity index (χ2n) is 4.64. The van der Waals surface area contributed by atoms with E-state index in [4.69, 9.17) is 4.74 Å². The fourth-order valence-corrected chi connectivity index (χ4v) is 2.33. The molecule has 0 aromatic heterocycles. The predicted molar refractivity (Wildman–Crippen MR) is 81.8 cm³/mol. The largest absolute Gasteiger partial charge is 0.496 e. The third-order valence-corrected chi connectivity index (χ3v) is 3.52. The van der Waals surface area contributed by atoms with Crippen molar-refractivity contribution in [1.82, 2.24) is 10.2 Å². The summed E-state index contributed by atoms with van der Waals surface area (Å²) in [6, 6.07) is 8.31. The van der Waals surface area contributed by atoms with Crippen LogP contribution in [0.1, 0.15) is 32.3 Å². The van der Waals surface area contributed by atoms with Gasteiger partial charge in [0, 0.05) is 38.2 Å². The van der Waals surface area contributed by atoms with E-state index in [2.05, 4.69) is 11.4 Å². The fraction of sp³-hybridized carbons (Fsp3) is 0.562. The topological polar surface area (TPSA) is 41.6 Å². The van der Waals surface area contributed by atoms with Crippen LogP contribution in [-0.4, -0.2) is 37.6 Å². The van der Waals surface area contributed by atoms with Crippen molar-refractivity contribution in [2.24, 2.45) is 0 Å². The third-order valence-electron chi connectivity index (χ3n) is 3.52. The summed E-state index contributed by atoms with van der Waals surface area (Å²) >= 11 is 0. The van der Waals surface area contributed by atoms with Gasteiger partial charge in [-0.1, -0.05) is 32.0 Å². The molecule has 1 heterocycles. The minimum absolute atomic E-state index is 0.249. The van der Waals surface area contributed by atoms with Crippen LogP contribution in [0.25, 0.3) is 0 Å². The monoisotopic (exact) mass is 278 g/mol. The minimum Gasteiger partial charge on any atom is -0.496 e. The van der Waals surface area contributed by atoms with Gasteiger partial charge in [0.25, 0.3) is 0 Å². The molecule has 4 heteroatoms. The molecule has 1 fully saturated rings. The summed E-state index contributed by atoms with van der Waals surface area (Å²) in [5.41, 5.74) is 1.15. The minimum atomic E-state index is 0.249. The van der Waals surface area contributed by atoms with Crippen molar-refractivity contribution in [2.75, 3.05) is 20.7 Å². The van der Waals surface area contributed by atoms with Crippen LogP contribution in [0, 0.1) is 0 Å². The smallest absolute Gasteiger partial charge is 0.222 e. The molecule has 0 bridgehead atoms. The first-order chi connectivity index (χ1) is 9.72. The van der Waals surface area contributed by atoms with Gasteiger partial charge < -0.3 is 15.0 Å². The van der Waals surface area contributed by atoms with Crippen molar-refractivity contribution in [1.29, 1.82) is 0 Å². The molecule has 0 radical (unpaired) electrons. The average molecular weight is 278 g/mol. The Balaban J connectivity index is 0.000000956. The molecule has 1 saturated heterocycles. The number of likely N-dealkylation sites (tertiary alicyclic amines) is 1. The zero-order valence-corrected chi connectivity index (χ0v) is 13.0. The highest BCUT2D eigenvalue weighted by Crippen LogP contribution is 2.18. The molecule has 1 aliphatic heterocycles. The van der Waals surface area contributed by atoms with Crippen molar-refractivity contribution in [3.05, 3.63) is 29.8 Å². The number of likely N-dealkylation sites (N-methyl/N-ethyl adjacent to an activating group) is 1. The van der Waals surface area contributed by atoms with Crippen LogP contribution < -0.4 is 10.1 Å². The van der Waals surface area contributed by atoms with E-state index in [0.29, 0.717) is 12.5 Å². The Morgan fingerprint density at radius 3 is 2.65 bits per heavy atom. The van der Waals surface area contributed by atoms with Gasteiger partial charge >= 0.3 is 0 Å². The number of nitrogens with zero attached hydrogens (tertiary/aromatic N) is 1. The molecule has 0 aliphatic carbocycles. The zero-order chi connectivity index (χ0) is 15.0. The normalized spacial score (nSPS) is 17.7. The van der Waals surface area contributed by atoms with E-state index in [1.165, 1.54) is 0 Å². The van der Waals surface area contributed by atoms with Crippen molar-refractivity contribution in [3.63, 3.8) is 0 Å². The second kappa shape index (κ2) is 8.59. The number of amides is 1. The lowest BCUT2D eigenvalue weighted by Crippen LogP contribution is -2.37. The average Bonchev–Trinajstić information content (AvgIpc) is 2.82. The third kappa shape index (κ3) is 4.23. The van der Waals surface area contributed by atoms with E-state index in [9.17, 15) is 4.79 Å². The first-order valence-corrected chi connectivity index (χ1v) is 7.30.